The highest BCUT2D eigenvalue weighted by atomic mass is 16.4. The fourth-order valence-corrected chi connectivity index (χ4v) is 3.69. The van der Waals surface area contributed by atoms with Crippen LogP contribution in [0.2, 0.25) is 0 Å². The fraction of sp³-hybridized carbons (Fsp3) is 0.577. The summed E-state index contributed by atoms with van der Waals surface area (Å²) in [5, 5.41) is 17.3. The Morgan fingerprint density at radius 1 is 0.868 bits per heavy atom. The Balaban J connectivity index is 3.05. The number of nitrogens with one attached hydrogen (secondary N) is 3. The van der Waals surface area contributed by atoms with Gasteiger partial charge in [-0.05, 0) is 43.7 Å². The Bertz CT molecular complexity index is 928. The third-order valence-corrected chi connectivity index (χ3v) is 6.35. The first kappa shape index (κ1) is 32.5. The van der Waals surface area contributed by atoms with E-state index in [9.17, 15) is 29.1 Å². The zero-order valence-electron chi connectivity index (χ0n) is 22.2. The maximum atomic E-state index is 13.2. The summed E-state index contributed by atoms with van der Waals surface area (Å²) in [6, 6.07) is 4.37. The Morgan fingerprint density at radius 3 is 1.95 bits per heavy atom. The molecule has 0 saturated heterocycles. The number of carbonyl (C=O) groups excluding carboxylic acids is 4. The number of carbonyl (C=O) groups is 5. The van der Waals surface area contributed by atoms with Crippen molar-refractivity contribution in [2.75, 3.05) is 6.54 Å². The highest BCUT2D eigenvalue weighted by molar-refractivity contribution is 5.94. The van der Waals surface area contributed by atoms with E-state index in [0.717, 1.165) is 0 Å². The maximum absolute atomic E-state index is 13.2. The summed E-state index contributed by atoms with van der Waals surface area (Å²) < 4.78 is 0. The minimum Gasteiger partial charge on any atom is -0.480 e. The molecule has 1 rings (SSSR count). The van der Waals surface area contributed by atoms with Gasteiger partial charge in [-0.1, -0.05) is 50.6 Å². The molecular weight excluding hydrogens is 492 g/mol. The molecule has 0 aliphatic rings. The van der Waals surface area contributed by atoms with E-state index in [-0.39, 0.29) is 31.6 Å². The SMILES string of the molecule is CCC(C)C(N)C(=O)NC(CCCCN)C(=O)NC(CCC(N)=O)C(=O)NC(Cc1ccccc1)C(=O)O. The summed E-state index contributed by atoms with van der Waals surface area (Å²) in [6.07, 6.45) is 1.70. The molecule has 1 aromatic carbocycles. The second-order valence-corrected chi connectivity index (χ2v) is 9.41. The molecule has 0 saturated carbocycles. The van der Waals surface area contributed by atoms with Crippen LogP contribution in [0.1, 0.15) is 57.9 Å². The summed E-state index contributed by atoms with van der Waals surface area (Å²) >= 11 is 0. The summed E-state index contributed by atoms with van der Waals surface area (Å²) in [4.78, 5) is 62.2. The fourth-order valence-electron chi connectivity index (χ4n) is 3.69. The molecule has 10 N–H and O–H groups in total. The number of amides is 4. The predicted molar refractivity (Wildman–Crippen MR) is 142 cm³/mol. The molecule has 0 heterocycles. The van der Waals surface area contributed by atoms with Crippen LogP contribution in [0, 0.1) is 5.92 Å². The lowest BCUT2D eigenvalue weighted by atomic mass is 9.98. The van der Waals surface area contributed by atoms with Gasteiger partial charge < -0.3 is 38.3 Å². The van der Waals surface area contributed by atoms with Crippen LogP contribution >= 0.6 is 0 Å². The zero-order chi connectivity index (χ0) is 28.7. The van der Waals surface area contributed by atoms with Crippen LogP contribution in [0.5, 0.6) is 0 Å². The lowest BCUT2D eigenvalue weighted by Gasteiger charge is -2.26. The molecule has 0 aromatic heterocycles. The summed E-state index contributed by atoms with van der Waals surface area (Å²) in [5.74, 6) is -4.01. The van der Waals surface area contributed by atoms with E-state index < -0.39 is 53.8 Å². The van der Waals surface area contributed by atoms with Gasteiger partial charge in [0.1, 0.15) is 18.1 Å². The Hall–Kier alpha value is -3.51. The van der Waals surface area contributed by atoms with E-state index in [1.165, 1.54) is 0 Å². The number of carboxylic acids is 1. The number of unbranched alkanes of at least 4 members (excludes halogenated alkanes) is 1. The van der Waals surface area contributed by atoms with Gasteiger partial charge in [0.05, 0.1) is 6.04 Å². The number of nitrogens with two attached hydrogens (primary N) is 3. The Morgan fingerprint density at radius 2 is 1.42 bits per heavy atom. The molecule has 5 unspecified atom stereocenters. The molecule has 0 bridgehead atoms. The summed E-state index contributed by atoms with van der Waals surface area (Å²) in [5.41, 5.74) is 17.5. The monoisotopic (exact) mass is 534 g/mol. The number of hydrogen-bond acceptors (Lipinski definition) is 7. The third-order valence-electron chi connectivity index (χ3n) is 6.35. The molecule has 212 valence electrons. The minimum atomic E-state index is -1.27. The van der Waals surface area contributed by atoms with Gasteiger partial charge in [0.15, 0.2) is 0 Å². The average molecular weight is 535 g/mol. The summed E-state index contributed by atoms with van der Waals surface area (Å²) in [6.45, 7) is 4.12. The van der Waals surface area contributed by atoms with E-state index in [2.05, 4.69) is 16.0 Å². The van der Waals surface area contributed by atoms with Crippen LogP contribution in [0.15, 0.2) is 30.3 Å². The van der Waals surface area contributed by atoms with Crippen LogP contribution in [-0.2, 0) is 30.4 Å². The van der Waals surface area contributed by atoms with Crippen molar-refractivity contribution < 1.29 is 29.1 Å². The third kappa shape index (κ3) is 11.7. The van der Waals surface area contributed by atoms with Gasteiger partial charge in [0, 0.05) is 12.8 Å². The molecule has 4 amide bonds. The lowest BCUT2D eigenvalue weighted by Crippen LogP contribution is -2.57. The largest absolute Gasteiger partial charge is 0.480 e. The second-order valence-electron chi connectivity index (χ2n) is 9.41. The van der Waals surface area contributed by atoms with E-state index in [1.54, 1.807) is 30.3 Å². The quantitative estimate of drug-likeness (QED) is 0.122. The summed E-state index contributed by atoms with van der Waals surface area (Å²) in [7, 11) is 0. The van der Waals surface area contributed by atoms with Crippen molar-refractivity contribution in [3.05, 3.63) is 35.9 Å². The van der Waals surface area contributed by atoms with E-state index in [1.807, 2.05) is 13.8 Å². The molecule has 5 atom stereocenters. The van der Waals surface area contributed by atoms with Crippen LogP contribution in [-0.4, -0.2) is 65.4 Å². The number of aliphatic carboxylic acids is 1. The van der Waals surface area contributed by atoms with Crippen LogP contribution < -0.4 is 33.2 Å². The molecule has 0 aliphatic heterocycles. The van der Waals surface area contributed by atoms with Gasteiger partial charge in [0.2, 0.25) is 23.6 Å². The number of rotatable bonds is 18. The highest BCUT2D eigenvalue weighted by Crippen LogP contribution is 2.09. The standard InChI is InChI=1S/C26H42N6O6/c1-3-16(2)22(29)25(36)31-18(11-7-8-14-27)23(34)30-19(12-13-21(28)33)24(35)32-20(26(37)38)15-17-9-5-4-6-10-17/h4-6,9-10,16,18-20,22H,3,7-8,11-15,27,29H2,1-2H3,(H2,28,33)(H,30,34)(H,31,36)(H,32,35)(H,37,38). The number of hydrogen-bond donors (Lipinski definition) is 7. The molecule has 38 heavy (non-hydrogen) atoms. The molecule has 0 fully saturated rings. The van der Waals surface area contributed by atoms with Crippen molar-refractivity contribution in [3.63, 3.8) is 0 Å². The van der Waals surface area contributed by atoms with Crippen molar-refractivity contribution >= 4 is 29.6 Å². The average Bonchev–Trinajstić information content (AvgIpc) is 2.89. The predicted octanol–water partition coefficient (Wildman–Crippen LogP) is -0.464. The Labute approximate surface area is 223 Å². The van der Waals surface area contributed by atoms with Crippen molar-refractivity contribution in [1.29, 1.82) is 0 Å². The van der Waals surface area contributed by atoms with E-state index in [0.29, 0.717) is 31.4 Å². The smallest absolute Gasteiger partial charge is 0.326 e. The van der Waals surface area contributed by atoms with Gasteiger partial charge in [0.25, 0.3) is 0 Å². The first-order chi connectivity index (χ1) is 18.0. The minimum absolute atomic E-state index is 0.0175. The molecule has 12 nitrogen and oxygen atoms in total. The van der Waals surface area contributed by atoms with Gasteiger partial charge in [-0.2, -0.15) is 0 Å². The van der Waals surface area contributed by atoms with Crippen molar-refractivity contribution in [3.8, 4) is 0 Å². The molecular formula is C26H42N6O6. The van der Waals surface area contributed by atoms with Gasteiger partial charge >= 0.3 is 5.97 Å². The van der Waals surface area contributed by atoms with Crippen molar-refractivity contribution in [1.82, 2.24) is 16.0 Å². The molecule has 0 spiro atoms. The second kappa shape index (κ2) is 17.1. The van der Waals surface area contributed by atoms with Crippen LogP contribution in [0.3, 0.4) is 0 Å². The first-order valence-electron chi connectivity index (χ1n) is 12.9. The van der Waals surface area contributed by atoms with Crippen LogP contribution in [0.4, 0.5) is 0 Å². The Kier molecular flexibility index (Phi) is 14.6. The number of carboxylic acid groups (broad SMARTS) is 1. The first-order valence-corrected chi connectivity index (χ1v) is 12.9. The zero-order valence-corrected chi connectivity index (χ0v) is 22.2. The number of benzene rings is 1. The molecule has 0 radical (unpaired) electrons. The molecule has 1 aromatic rings. The van der Waals surface area contributed by atoms with Gasteiger partial charge in [-0.25, -0.2) is 4.79 Å². The normalized spacial score (nSPS) is 14.8. The van der Waals surface area contributed by atoms with Gasteiger partial charge in [-0.15, -0.1) is 0 Å². The molecule has 12 heteroatoms. The number of primary amides is 1. The van der Waals surface area contributed by atoms with E-state index in [4.69, 9.17) is 17.2 Å². The van der Waals surface area contributed by atoms with Crippen LogP contribution in [0.25, 0.3) is 0 Å². The topological polar surface area (TPSA) is 220 Å². The highest BCUT2D eigenvalue weighted by Gasteiger charge is 2.31. The van der Waals surface area contributed by atoms with E-state index >= 15 is 0 Å². The van der Waals surface area contributed by atoms with Gasteiger partial charge in [-0.3, -0.25) is 19.2 Å². The van der Waals surface area contributed by atoms with Crippen molar-refractivity contribution in [2.45, 2.75) is 83.0 Å². The lowest BCUT2D eigenvalue weighted by molar-refractivity contribution is -0.142. The van der Waals surface area contributed by atoms with Crippen molar-refractivity contribution in [2.24, 2.45) is 23.1 Å². The maximum Gasteiger partial charge on any atom is 0.326 e. The molecule has 0 aliphatic carbocycles.